The highest BCUT2D eigenvalue weighted by molar-refractivity contribution is 5.96. The monoisotopic (exact) mass is 551 g/mol. The van der Waals surface area contributed by atoms with Crippen molar-refractivity contribution in [2.75, 3.05) is 48.8 Å². The number of anilines is 3. The van der Waals surface area contributed by atoms with Gasteiger partial charge in [0.15, 0.2) is 5.82 Å². The maximum absolute atomic E-state index is 16.2. The van der Waals surface area contributed by atoms with Crippen molar-refractivity contribution < 1.29 is 4.39 Å². The number of piperazine rings is 1. The van der Waals surface area contributed by atoms with Crippen LogP contribution in [0.5, 0.6) is 0 Å². The predicted molar refractivity (Wildman–Crippen MR) is 161 cm³/mol. The fourth-order valence-corrected chi connectivity index (χ4v) is 6.22. The van der Waals surface area contributed by atoms with E-state index in [9.17, 15) is 0 Å². The molecule has 1 aliphatic carbocycles. The van der Waals surface area contributed by atoms with Gasteiger partial charge in [0, 0.05) is 61.1 Å². The van der Waals surface area contributed by atoms with Gasteiger partial charge in [0.1, 0.15) is 17.2 Å². The Bertz CT molecular complexity index is 1640. The Morgan fingerprint density at radius 3 is 2.73 bits per heavy atom. The highest BCUT2D eigenvalue weighted by Crippen LogP contribution is 2.37. The zero-order valence-electron chi connectivity index (χ0n) is 23.3. The lowest BCUT2D eigenvalue weighted by Crippen LogP contribution is -2.45. The first kappa shape index (κ1) is 25.6. The highest BCUT2D eigenvalue weighted by Gasteiger charge is 2.25. The number of aromatic nitrogens is 5. The van der Waals surface area contributed by atoms with Crippen LogP contribution in [-0.2, 0) is 6.42 Å². The summed E-state index contributed by atoms with van der Waals surface area (Å²) in [6.45, 7) is 8.15. The molecule has 41 heavy (non-hydrogen) atoms. The van der Waals surface area contributed by atoms with Gasteiger partial charge in [-0.15, -0.1) is 0 Å². The topological polar surface area (TPSA) is 97.9 Å². The molecule has 0 bridgehead atoms. The molecular weight excluding hydrogens is 517 g/mol. The summed E-state index contributed by atoms with van der Waals surface area (Å²) in [5.41, 5.74) is 6.56. The van der Waals surface area contributed by atoms with Crippen LogP contribution in [-0.4, -0.2) is 63.3 Å². The molecule has 0 unspecified atom stereocenters. The third-order valence-corrected chi connectivity index (χ3v) is 8.58. The quantitative estimate of drug-likeness (QED) is 0.292. The minimum atomic E-state index is -0.429. The maximum Gasteiger partial charge on any atom is 0.161 e. The normalized spacial score (nSPS) is 17.8. The van der Waals surface area contributed by atoms with Crippen molar-refractivity contribution >= 4 is 33.8 Å². The molecule has 3 aliphatic rings. The largest absolute Gasteiger partial charge is 0.358 e. The lowest BCUT2D eigenvalue weighted by Gasteiger charge is -2.35. The molecule has 0 amide bonds. The first-order valence-corrected chi connectivity index (χ1v) is 14.4. The van der Waals surface area contributed by atoms with Crippen LogP contribution in [0, 0.1) is 11.7 Å². The number of hydrogen-bond acceptors (Lipinski definition) is 8. The number of nitrogens with zero attached hydrogens (tertiary/aromatic N) is 6. The lowest BCUT2D eigenvalue weighted by molar-refractivity contribution is 0.312. The number of aromatic amines is 1. The summed E-state index contributed by atoms with van der Waals surface area (Å²) in [5, 5.41) is 14.8. The van der Waals surface area contributed by atoms with Gasteiger partial charge in [-0.2, -0.15) is 5.10 Å². The van der Waals surface area contributed by atoms with Crippen molar-refractivity contribution in [3.8, 4) is 11.3 Å². The lowest BCUT2D eigenvalue weighted by atomic mass is 10.0. The number of hydrogen-bond donors (Lipinski definition) is 3. The zero-order chi connectivity index (χ0) is 27.9. The molecule has 9 nitrogen and oxygen atoms in total. The molecule has 0 spiro atoms. The van der Waals surface area contributed by atoms with Crippen molar-refractivity contribution in [3.05, 3.63) is 72.3 Å². The molecule has 7 rings (SSSR count). The first-order chi connectivity index (χ1) is 20.0. The van der Waals surface area contributed by atoms with E-state index in [2.05, 4.69) is 60.3 Å². The average Bonchev–Trinajstić information content (AvgIpc) is 3.69. The molecule has 0 aromatic carbocycles. The molecule has 1 saturated carbocycles. The van der Waals surface area contributed by atoms with Crippen molar-refractivity contribution in [1.29, 1.82) is 0 Å². The van der Waals surface area contributed by atoms with Gasteiger partial charge in [-0.05, 0) is 44.4 Å². The minimum absolute atomic E-state index is 0.237. The molecule has 210 valence electrons. The molecule has 2 fully saturated rings. The molecule has 1 saturated heterocycles. The Hall–Kier alpha value is -4.31. The zero-order valence-corrected chi connectivity index (χ0v) is 23.3. The number of allylic oxidation sites excluding steroid dienone is 2. The number of halogens is 1. The Balaban J connectivity index is 1.18. The van der Waals surface area contributed by atoms with Gasteiger partial charge < -0.3 is 20.4 Å². The van der Waals surface area contributed by atoms with E-state index in [4.69, 9.17) is 4.98 Å². The molecule has 4 aromatic rings. The van der Waals surface area contributed by atoms with E-state index in [0.29, 0.717) is 34.5 Å². The number of rotatable bonds is 6. The Labute approximate surface area is 238 Å². The maximum atomic E-state index is 16.2. The van der Waals surface area contributed by atoms with E-state index in [-0.39, 0.29) is 5.69 Å². The first-order valence-electron chi connectivity index (χ1n) is 14.4. The van der Waals surface area contributed by atoms with E-state index in [1.54, 1.807) is 18.6 Å². The summed E-state index contributed by atoms with van der Waals surface area (Å²) >= 11 is 0. The van der Waals surface area contributed by atoms with E-state index in [0.717, 1.165) is 73.2 Å². The summed E-state index contributed by atoms with van der Waals surface area (Å²) in [7, 11) is 2.15. The van der Waals surface area contributed by atoms with Crippen molar-refractivity contribution in [3.63, 3.8) is 0 Å². The summed E-state index contributed by atoms with van der Waals surface area (Å²) < 4.78 is 16.2. The van der Waals surface area contributed by atoms with E-state index in [1.165, 1.54) is 12.8 Å². The highest BCUT2D eigenvalue weighted by atomic mass is 19.1. The van der Waals surface area contributed by atoms with Crippen molar-refractivity contribution in [2.24, 2.45) is 5.92 Å². The predicted octanol–water partition coefficient (Wildman–Crippen LogP) is 5.43. The van der Waals surface area contributed by atoms with E-state index in [1.807, 2.05) is 18.3 Å². The fraction of sp³-hybridized carbons (Fsp3) is 0.355. The molecule has 4 aromatic heterocycles. The van der Waals surface area contributed by atoms with Gasteiger partial charge in [0.2, 0.25) is 0 Å². The van der Waals surface area contributed by atoms with Crippen LogP contribution in [0.15, 0.2) is 55.3 Å². The Morgan fingerprint density at radius 1 is 1.07 bits per heavy atom. The van der Waals surface area contributed by atoms with Gasteiger partial charge in [-0.25, -0.2) is 9.37 Å². The van der Waals surface area contributed by atoms with E-state index >= 15 is 4.39 Å². The second kappa shape index (κ2) is 10.6. The van der Waals surface area contributed by atoms with Gasteiger partial charge >= 0.3 is 0 Å². The summed E-state index contributed by atoms with van der Waals surface area (Å²) in [6.07, 6.45) is 14.4. The van der Waals surface area contributed by atoms with Gasteiger partial charge in [0.05, 0.1) is 34.7 Å². The van der Waals surface area contributed by atoms with Crippen molar-refractivity contribution in [1.82, 2.24) is 30.0 Å². The van der Waals surface area contributed by atoms with Gasteiger partial charge in [-0.1, -0.05) is 25.5 Å². The number of likely N-dealkylation sites (N-methyl/N-ethyl adjacent to an activating group) is 1. The molecule has 6 heterocycles. The number of pyridine rings is 3. The number of fused-ring (bicyclic) bond motifs is 2. The van der Waals surface area contributed by atoms with Crippen molar-refractivity contribution in [2.45, 2.75) is 32.1 Å². The molecule has 3 N–H and O–H groups in total. The molecule has 0 radical (unpaired) electrons. The molecule has 0 atom stereocenters. The Morgan fingerprint density at radius 2 is 1.90 bits per heavy atom. The summed E-state index contributed by atoms with van der Waals surface area (Å²) in [4.78, 5) is 18.2. The van der Waals surface area contributed by atoms with Crippen LogP contribution in [0.3, 0.4) is 0 Å². The second-order valence-electron chi connectivity index (χ2n) is 11.3. The van der Waals surface area contributed by atoms with Crippen LogP contribution < -0.4 is 15.5 Å². The fourth-order valence-electron chi connectivity index (χ4n) is 6.22. The molecule has 2 aliphatic heterocycles. The van der Waals surface area contributed by atoms with Gasteiger partial charge in [-0.3, -0.25) is 15.1 Å². The number of nitrogens with one attached hydrogen (secondary N) is 3. The third-order valence-electron chi connectivity index (χ3n) is 8.58. The molecular formula is C31H34FN9. The van der Waals surface area contributed by atoms with Gasteiger partial charge in [0.25, 0.3) is 0 Å². The van der Waals surface area contributed by atoms with Crippen LogP contribution in [0.4, 0.5) is 21.6 Å². The minimum Gasteiger partial charge on any atom is -0.358 e. The van der Waals surface area contributed by atoms with Crippen LogP contribution >= 0.6 is 0 Å². The SMILES string of the molecule is C=C(Nc1cncc(-c2ncc3[nH]nc(C4=CCc5c(ccnc5N5CCN(C)CC5)N4)c3c2F)c1)C1CCCC1. The smallest absolute Gasteiger partial charge is 0.161 e. The average molecular weight is 552 g/mol. The van der Waals surface area contributed by atoms with Crippen LogP contribution in [0.2, 0.25) is 0 Å². The molecule has 10 heteroatoms. The van der Waals surface area contributed by atoms with Crippen LogP contribution in [0.1, 0.15) is 36.9 Å². The van der Waals surface area contributed by atoms with E-state index < -0.39 is 5.82 Å². The third kappa shape index (κ3) is 4.82. The summed E-state index contributed by atoms with van der Waals surface area (Å²) in [5.74, 6) is 1.05. The number of H-pyrrole nitrogens is 1. The summed E-state index contributed by atoms with van der Waals surface area (Å²) in [6, 6.07) is 3.86. The second-order valence-corrected chi connectivity index (χ2v) is 11.3. The Kier molecular flexibility index (Phi) is 6.62. The van der Waals surface area contributed by atoms with Crippen LogP contribution in [0.25, 0.3) is 27.9 Å². The standard InChI is InChI=1S/C31H34FN9/c1-19(20-5-3-4-6-20)36-22-15-21(16-33-17-22)29-28(32)27-26(18-35-29)38-39-30(27)25-8-7-23-24(37-25)9-10-34-31(23)41-13-11-40(2)12-14-41/h8-10,15-18,20,36-37H,1,3-7,11-14H2,2H3,(H,38,39).